The summed E-state index contributed by atoms with van der Waals surface area (Å²) in [5, 5.41) is 4.91. The Kier molecular flexibility index (Phi) is 4.11. The maximum Gasteiger partial charge on any atom is 0.210 e. The quantitative estimate of drug-likeness (QED) is 0.645. The second kappa shape index (κ2) is 4.90. The number of ether oxygens (including phenoxy) is 1. The molecule has 0 amide bonds. The van der Waals surface area contributed by atoms with Crippen LogP contribution < -0.4 is 5.14 Å². The van der Waals surface area contributed by atoms with Gasteiger partial charge in [-0.15, -0.1) is 0 Å². The molecule has 0 atom stereocenters. The van der Waals surface area contributed by atoms with Crippen LogP contribution in [0.5, 0.6) is 0 Å². The molecule has 0 aliphatic carbocycles. The van der Waals surface area contributed by atoms with Crippen LogP contribution in [0.25, 0.3) is 0 Å². The summed E-state index contributed by atoms with van der Waals surface area (Å²) < 4.78 is 26.6. The van der Waals surface area contributed by atoms with Crippen LogP contribution >= 0.6 is 0 Å². The number of nitrogens with two attached hydrogens (primary N) is 1. The summed E-state index contributed by atoms with van der Waals surface area (Å²) in [6.45, 7) is 3.67. The lowest BCUT2D eigenvalue weighted by Gasteiger charge is -2.17. The summed E-state index contributed by atoms with van der Waals surface area (Å²) in [7, 11) is -3.32. The molecule has 0 aromatic rings. The third-order valence-electron chi connectivity index (χ3n) is 2.01. The van der Waals surface area contributed by atoms with E-state index in [0.717, 1.165) is 26.1 Å². The lowest BCUT2D eigenvalue weighted by molar-refractivity contribution is 0.142. The van der Waals surface area contributed by atoms with E-state index < -0.39 is 10.0 Å². The Morgan fingerprint density at radius 1 is 1.31 bits per heavy atom. The number of primary sulfonamides is 1. The Morgan fingerprint density at radius 2 is 2.08 bits per heavy atom. The van der Waals surface area contributed by atoms with Gasteiger partial charge in [0.25, 0.3) is 0 Å². The highest BCUT2D eigenvalue weighted by molar-refractivity contribution is 7.89. The van der Waals surface area contributed by atoms with Crippen molar-refractivity contribution in [2.24, 2.45) is 5.14 Å². The van der Waals surface area contributed by atoms with E-state index in [1.807, 2.05) is 0 Å². The predicted octanol–water partition coefficient (Wildman–Crippen LogP) is -1.00. The number of sulfonamides is 1. The summed E-state index contributed by atoms with van der Waals surface area (Å²) in [5.41, 5.74) is 0. The smallest absolute Gasteiger partial charge is 0.210 e. The fourth-order valence-electron chi connectivity index (χ4n) is 1.28. The topological polar surface area (TPSA) is 72.6 Å². The van der Waals surface area contributed by atoms with E-state index in [-0.39, 0.29) is 5.75 Å². The van der Waals surface area contributed by atoms with Gasteiger partial charge in [0, 0.05) is 26.2 Å². The molecule has 0 saturated carbocycles. The third-order valence-corrected chi connectivity index (χ3v) is 2.76. The van der Waals surface area contributed by atoms with Gasteiger partial charge in [-0.05, 0) is 6.42 Å². The molecule has 1 saturated heterocycles. The molecule has 1 rings (SSSR count). The van der Waals surface area contributed by atoms with E-state index in [2.05, 4.69) is 4.90 Å². The number of nitrogens with zero attached hydrogens (tertiary/aromatic N) is 1. The third kappa shape index (κ3) is 5.20. The molecule has 0 radical (unpaired) electrons. The van der Waals surface area contributed by atoms with Crippen LogP contribution in [0.15, 0.2) is 0 Å². The minimum Gasteiger partial charge on any atom is -0.380 e. The normalized spacial score (nSPS) is 21.3. The zero-order valence-corrected chi connectivity index (χ0v) is 8.42. The summed E-state index contributed by atoms with van der Waals surface area (Å²) in [4.78, 5) is 2.07. The van der Waals surface area contributed by atoms with Gasteiger partial charge in [-0.1, -0.05) is 0 Å². The van der Waals surface area contributed by atoms with Gasteiger partial charge in [-0.2, -0.15) is 0 Å². The molecule has 78 valence electrons. The summed E-state index contributed by atoms with van der Waals surface area (Å²) in [6, 6.07) is 0. The van der Waals surface area contributed by atoms with E-state index in [9.17, 15) is 8.42 Å². The first kappa shape index (κ1) is 10.9. The minimum atomic E-state index is -3.32. The van der Waals surface area contributed by atoms with E-state index in [1.54, 1.807) is 0 Å². The highest BCUT2D eigenvalue weighted by atomic mass is 32.2. The lowest BCUT2D eigenvalue weighted by Crippen LogP contribution is -2.33. The highest BCUT2D eigenvalue weighted by Crippen LogP contribution is 1.98. The molecule has 1 aliphatic heterocycles. The molecular formula is C7H16N2O3S. The standard InChI is InChI=1S/C7H16N2O3S/c8-13(10,11)7-4-9-2-1-5-12-6-3-9/h1-7H2,(H2,8,10,11). The monoisotopic (exact) mass is 208 g/mol. The zero-order valence-electron chi connectivity index (χ0n) is 7.61. The average Bonchev–Trinajstić information content (AvgIpc) is 2.26. The van der Waals surface area contributed by atoms with Crippen molar-refractivity contribution in [3.05, 3.63) is 0 Å². The Morgan fingerprint density at radius 3 is 2.77 bits per heavy atom. The van der Waals surface area contributed by atoms with Crippen LogP contribution in [-0.2, 0) is 14.8 Å². The van der Waals surface area contributed by atoms with Crippen LogP contribution in [0.3, 0.4) is 0 Å². The first-order chi connectivity index (χ1) is 6.08. The van der Waals surface area contributed by atoms with Gasteiger partial charge in [0.15, 0.2) is 0 Å². The van der Waals surface area contributed by atoms with Crippen LogP contribution in [0.2, 0.25) is 0 Å². The van der Waals surface area contributed by atoms with Crippen LogP contribution in [-0.4, -0.2) is 51.9 Å². The molecule has 2 N–H and O–H groups in total. The van der Waals surface area contributed by atoms with Crippen molar-refractivity contribution in [1.82, 2.24) is 4.90 Å². The van der Waals surface area contributed by atoms with Crippen LogP contribution in [0.1, 0.15) is 6.42 Å². The van der Waals surface area contributed by atoms with Gasteiger partial charge in [0.1, 0.15) is 0 Å². The number of hydrogen-bond acceptors (Lipinski definition) is 4. The summed E-state index contributed by atoms with van der Waals surface area (Å²) in [6.07, 6.45) is 0.963. The molecule has 1 aliphatic rings. The van der Waals surface area contributed by atoms with Gasteiger partial charge in [0.05, 0.1) is 12.4 Å². The number of hydrogen-bond donors (Lipinski definition) is 1. The van der Waals surface area contributed by atoms with Gasteiger partial charge in [-0.25, -0.2) is 13.6 Å². The van der Waals surface area contributed by atoms with E-state index in [1.165, 1.54) is 0 Å². The van der Waals surface area contributed by atoms with E-state index in [0.29, 0.717) is 13.2 Å². The minimum absolute atomic E-state index is 0.0347. The van der Waals surface area contributed by atoms with Crippen molar-refractivity contribution in [3.63, 3.8) is 0 Å². The van der Waals surface area contributed by atoms with Crippen molar-refractivity contribution in [2.45, 2.75) is 6.42 Å². The summed E-state index contributed by atoms with van der Waals surface area (Å²) >= 11 is 0. The Hall–Kier alpha value is -0.170. The van der Waals surface area contributed by atoms with Crippen molar-refractivity contribution >= 4 is 10.0 Å². The van der Waals surface area contributed by atoms with Gasteiger partial charge in [-0.3, -0.25) is 4.90 Å². The van der Waals surface area contributed by atoms with E-state index in [4.69, 9.17) is 9.88 Å². The molecular weight excluding hydrogens is 192 g/mol. The molecule has 13 heavy (non-hydrogen) atoms. The molecule has 0 aromatic heterocycles. The highest BCUT2D eigenvalue weighted by Gasteiger charge is 2.11. The maximum absolute atomic E-state index is 10.7. The first-order valence-corrected chi connectivity index (χ1v) is 6.10. The van der Waals surface area contributed by atoms with Crippen molar-refractivity contribution in [2.75, 3.05) is 38.6 Å². The molecule has 1 fully saturated rings. The molecule has 0 aromatic carbocycles. The molecule has 0 spiro atoms. The van der Waals surface area contributed by atoms with Crippen molar-refractivity contribution in [3.8, 4) is 0 Å². The second-order valence-corrected chi connectivity index (χ2v) is 4.91. The fraction of sp³-hybridized carbons (Fsp3) is 1.00. The first-order valence-electron chi connectivity index (χ1n) is 4.38. The van der Waals surface area contributed by atoms with Crippen LogP contribution in [0.4, 0.5) is 0 Å². The molecule has 5 nitrogen and oxygen atoms in total. The lowest BCUT2D eigenvalue weighted by atomic mass is 10.4. The van der Waals surface area contributed by atoms with Gasteiger partial charge in [0.2, 0.25) is 10.0 Å². The fourth-order valence-corrected chi connectivity index (χ4v) is 1.79. The SMILES string of the molecule is NS(=O)(=O)CCN1CCCOCC1. The van der Waals surface area contributed by atoms with Gasteiger partial charge < -0.3 is 4.74 Å². The Labute approximate surface area is 78.9 Å². The zero-order chi connectivity index (χ0) is 9.73. The molecule has 1 heterocycles. The predicted molar refractivity (Wildman–Crippen MR) is 49.9 cm³/mol. The molecule has 0 bridgehead atoms. The second-order valence-electron chi connectivity index (χ2n) is 3.17. The largest absolute Gasteiger partial charge is 0.380 e. The molecule has 6 heteroatoms. The van der Waals surface area contributed by atoms with Gasteiger partial charge >= 0.3 is 0 Å². The summed E-state index contributed by atoms with van der Waals surface area (Å²) in [5.74, 6) is 0.0347. The maximum atomic E-state index is 10.7. The average molecular weight is 208 g/mol. The van der Waals surface area contributed by atoms with Crippen molar-refractivity contribution < 1.29 is 13.2 Å². The Balaban J connectivity index is 2.27. The number of rotatable bonds is 3. The van der Waals surface area contributed by atoms with Crippen molar-refractivity contribution in [1.29, 1.82) is 0 Å². The Bertz CT molecular complexity index is 232. The molecule has 0 unspecified atom stereocenters. The van der Waals surface area contributed by atoms with E-state index >= 15 is 0 Å². The van der Waals surface area contributed by atoms with Crippen LogP contribution in [0, 0.1) is 0 Å².